The van der Waals surface area contributed by atoms with Crippen molar-refractivity contribution in [3.63, 3.8) is 0 Å². The average Bonchev–Trinajstić information content (AvgIpc) is 2.81. The Balaban J connectivity index is 2.06. The lowest BCUT2D eigenvalue weighted by Gasteiger charge is -2.11. The molecule has 1 aliphatic rings. The third-order valence-corrected chi connectivity index (χ3v) is 4.11. The average molecular weight is 233 g/mol. The van der Waals surface area contributed by atoms with Gasteiger partial charge in [-0.25, -0.2) is 4.98 Å². The van der Waals surface area contributed by atoms with E-state index in [0.717, 1.165) is 30.2 Å². The molecule has 84 valence electrons. The standard InChI is InChI=1S/C12H15N3S/c1-7-12(16-8(2)14-7)11-5-9-6-13-4-3-10(9)15-11/h5,13,15H,3-4,6H2,1-2H3. The van der Waals surface area contributed by atoms with Crippen molar-refractivity contribution in [3.05, 3.63) is 28.0 Å². The number of rotatable bonds is 1. The molecule has 4 heteroatoms. The fourth-order valence-electron chi connectivity index (χ4n) is 2.26. The van der Waals surface area contributed by atoms with Gasteiger partial charge in [-0.2, -0.15) is 0 Å². The minimum atomic E-state index is 0.989. The van der Waals surface area contributed by atoms with E-state index in [1.807, 2.05) is 0 Å². The molecule has 0 amide bonds. The van der Waals surface area contributed by atoms with Crippen LogP contribution in [0, 0.1) is 13.8 Å². The van der Waals surface area contributed by atoms with Crippen LogP contribution < -0.4 is 5.32 Å². The molecule has 0 fully saturated rings. The number of aryl methyl sites for hydroxylation is 2. The van der Waals surface area contributed by atoms with Gasteiger partial charge in [-0.3, -0.25) is 0 Å². The fraction of sp³-hybridized carbons (Fsp3) is 0.417. The Hall–Kier alpha value is -1.13. The van der Waals surface area contributed by atoms with Gasteiger partial charge in [0, 0.05) is 25.2 Å². The van der Waals surface area contributed by atoms with Crippen LogP contribution in [0.5, 0.6) is 0 Å². The number of hydrogen-bond acceptors (Lipinski definition) is 3. The number of fused-ring (bicyclic) bond motifs is 1. The van der Waals surface area contributed by atoms with Gasteiger partial charge in [0.2, 0.25) is 0 Å². The second-order valence-electron chi connectivity index (χ2n) is 4.26. The molecule has 0 aromatic carbocycles. The van der Waals surface area contributed by atoms with Crippen LogP contribution in [0.1, 0.15) is 22.0 Å². The zero-order chi connectivity index (χ0) is 11.1. The lowest BCUT2D eigenvalue weighted by Crippen LogP contribution is -2.22. The maximum atomic E-state index is 4.48. The van der Waals surface area contributed by atoms with E-state index in [9.17, 15) is 0 Å². The van der Waals surface area contributed by atoms with Crippen LogP contribution in [0.15, 0.2) is 6.07 Å². The molecule has 0 spiro atoms. The Morgan fingerprint density at radius 2 is 2.25 bits per heavy atom. The number of thiazole rings is 1. The van der Waals surface area contributed by atoms with Crippen LogP contribution in [-0.2, 0) is 13.0 Å². The molecular weight excluding hydrogens is 218 g/mol. The Bertz CT molecular complexity index is 501. The van der Waals surface area contributed by atoms with Crippen LogP contribution in [0.4, 0.5) is 0 Å². The number of aromatic amines is 1. The Labute approximate surface area is 98.9 Å². The van der Waals surface area contributed by atoms with E-state index in [-0.39, 0.29) is 0 Å². The molecule has 1 aliphatic heterocycles. The summed E-state index contributed by atoms with van der Waals surface area (Å²) in [5, 5.41) is 4.53. The third kappa shape index (κ3) is 1.58. The zero-order valence-corrected chi connectivity index (χ0v) is 10.4. The molecule has 3 heterocycles. The van der Waals surface area contributed by atoms with Crippen molar-refractivity contribution < 1.29 is 0 Å². The molecule has 0 saturated carbocycles. The van der Waals surface area contributed by atoms with E-state index in [1.165, 1.54) is 21.8 Å². The summed E-state index contributed by atoms with van der Waals surface area (Å²) in [4.78, 5) is 9.30. The first-order valence-corrected chi connectivity index (χ1v) is 6.41. The first kappa shape index (κ1) is 10.1. The normalized spacial score (nSPS) is 15.1. The molecular formula is C12H15N3S. The van der Waals surface area contributed by atoms with Gasteiger partial charge in [-0.15, -0.1) is 11.3 Å². The van der Waals surface area contributed by atoms with Gasteiger partial charge in [0.25, 0.3) is 0 Å². The molecule has 2 N–H and O–H groups in total. The highest BCUT2D eigenvalue weighted by molar-refractivity contribution is 7.15. The van der Waals surface area contributed by atoms with Gasteiger partial charge in [-0.05, 0) is 25.5 Å². The first-order chi connectivity index (χ1) is 7.74. The highest BCUT2D eigenvalue weighted by Crippen LogP contribution is 2.31. The lowest BCUT2D eigenvalue weighted by atomic mass is 10.1. The van der Waals surface area contributed by atoms with E-state index >= 15 is 0 Å². The van der Waals surface area contributed by atoms with E-state index in [1.54, 1.807) is 11.3 Å². The fourth-order valence-corrected chi connectivity index (χ4v) is 3.15. The van der Waals surface area contributed by atoms with E-state index in [4.69, 9.17) is 0 Å². The summed E-state index contributed by atoms with van der Waals surface area (Å²) in [6.45, 7) is 6.21. The smallest absolute Gasteiger partial charge is 0.0904 e. The molecule has 0 radical (unpaired) electrons. The van der Waals surface area contributed by atoms with Crippen molar-refractivity contribution in [1.29, 1.82) is 0 Å². The van der Waals surface area contributed by atoms with Gasteiger partial charge in [-0.1, -0.05) is 0 Å². The summed E-state index contributed by atoms with van der Waals surface area (Å²) >= 11 is 1.77. The number of H-pyrrole nitrogens is 1. The van der Waals surface area contributed by atoms with Crippen molar-refractivity contribution in [2.75, 3.05) is 6.54 Å². The van der Waals surface area contributed by atoms with Gasteiger partial charge in [0.1, 0.15) is 0 Å². The maximum Gasteiger partial charge on any atom is 0.0904 e. The number of aromatic nitrogens is 2. The monoisotopic (exact) mass is 233 g/mol. The highest BCUT2D eigenvalue weighted by Gasteiger charge is 2.15. The second-order valence-corrected chi connectivity index (χ2v) is 5.46. The quantitative estimate of drug-likeness (QED) is 0.794. The molecule has 0 atom stereocenters. The predicted molar refractivity (Wildman–Crippen MR) is 66.8 cm³/mol. The summed E-state index contributed by atoms with van der Waals surface area (Å²) in [6.07, 6.45) is 1.10. The molecule has 16 heavy (non-hydrogen) atoms. The summed E-state index contributed by atoms with van der Waals surface area (Å²) in [7, 11) is 0. The van der Waals surface area contributed by atoms with Crippen molar-refractivity contribution in [1.82, 2.24) is 15.3 Å². The minimum absolute atomic E-state index is 0.989. The minimum Gasteiger partial charge on any atom is -0.357 e. The zero-order valence-electron chi connectivity index (χ0n) is 9.55. The number of nitrogens with one attached hydrogen (secondary N) is 2. The van der Waals surface area contributed by atoms with Crippen LogP contribution in [0.2, 0.25) is 0 Å². The molecule has 0 bridgehead atoms. The first-order valence-electron chi connectivity index (χ1n) is 5.60. The molecule has 0 aliphatic carbocycles. The van der Waals surface area contributed by atoms with E-state index in [2.05, 4.69) is 35.2 Å². The summed E-state index contributed by atoms with van der Waals surface area (Å²) in [5.74, 6) is 0. The summed E-state index contributed by atoms with van der Waals surface area (Å²) < 4.78 is 0. The Morgan fingerprint density at radius 1 is 1.38 bits per heavy atom. The van der Waals surface area contributed by atoms with E-state index in [0.29, 0.717) is 0 Å². The number of hydrogen-bond donors (Lipinski definition) is 2. The van der Waals surface area contributed by atoms with Crippen LogP contribution >= 0.6 is 11.3 Å². The van der Waals surface area contributed by atoms with Gasteiger partial charge >= 0.3 is 0 Å². The van der Waals surface area contributed by atoms with Gasteiger partial charge in [0.15, 0.2) is 0 Å². The topological polar surface area (TPSA) is 40.7 Å². The van der Waals surface area contributed by atoms with Gasteiger partial charge < -0.3 is 10.3 Å². The van der Waals surface area contributed by atoms with Crippen LogP contribution in [0.25, 0.3) is 10.6 Å². The van der Waals surface area contributed by atoms with Crippen molar-refractivity contribution in [3.8, 4) is 10.6 Å². The maximum absolute atomic E-state index is 4.48. The number of nitrogens with zero attached hydrogens (tertiary/aromatic N) is 1. The molecule has 0 unspecified atom stereocenters. The Morgan fingerprint density at radius 3 is 2.94 bits per heavy atom. The SMILES string of the molecule is Cc1nc(C)c(-c2cc3c([nH]2)CCNC3)s1. The lowest BCUT2D eigenvalue weighted by molar-refractivity contribution is 0.638. The van der Waals surface area contributed by atoms with Crippen LogP contribution in [-0.4, -0.2) is 16.5 Å². The van der Waals surface area contributed by atoms with Crippen molar-refractivity contribution >= 4 is 11.3 Å². The molecule has 2 aromatic rings. The highest BCUT2D eigenvalue weighted by atomic mass is 32.1. The van der Waals surface area contributed by atoms with Crippen LogP contribution in [0.3, 0.4) is 0 Å². The molecule has 2 aromatic heterocycles. The molecule has 3 rings (SSSR count). The molecule has 0 saturated heterocycles. The second kappa shape index (κ2) is 3.71. The predicted octanol–water partition coefficient (Wildman–Crippen LogP) is 2.40. The van der Waals surface area contributed by atoms with Gasteiger partial charge in [0.05, 0.1) is 21.3 Å². The van der Waals surface area contributed by atoms with Crippen molar-refractivity contribution in [2.24, 2.45) is 0 Å². The van der Waals surface area contributed by atoms with E-state index < -0.39 is 0 Å². The Kier molecular flexibility index (Phi) is 2.33. The molecule has 3 nitrogen and oxygen atoms in total. The van der Waals surface area contributed by atoms with Crippen molar-refractivity contribution in [2.45, 2.75) is 26.8 Å². The summed E-state index contributed by atoms with van der Waals surface area (Å²) in [5.41, 5.74) is 5.16. The summed E-state index contributed by atoms with van der Waals surface area (Å²) in [6, 6.07) is 2.27. The third-order valence-electron chi connectivity index (χ3n) is 3.01. The largest absolute Gasteiger partial charge is 0.357 e.